The Hall–Kier alpha value is -1.36. The topological polar surface area (TPSA) is 67.2 Å². The zero-order valence-electron chi connectivity index (χ0n) is 12.3. The molecule has 1 heterocycles. The molecule has 0 spiro atoms. The van der Waals surface area contributed by atoms with E-state index < -0.39 is 12.0 Å². The fraction of sp³-hybridized carbons (Fsp3) is 0.714. The van der Waals surface area contributed by atoms with E-state index in [2.05, 4.69) is 30.3 Å². The maximum Gasteiger partial charge on any atom is 0.320 e. The Kier molecular flexibility index (Phi) is 6.02. The molecule has 1 aromatic heterocycles. The molecule has 0 amide bonds. The maximum absolute atomic E-state index is 11.2. The number of hydrogen-bond donors (Lipinski definition) is 2. The number of rotatable bonds is 8. The van der Waals surface area contributed by atoms with Crippen molar-refractivity contribution in [3.05, 3.63) is 17.5 Å². The van der Waals surface area contributed by atoms with Crippen molar-refractivity contribution < 1.29 is 9.90 Å². The first kappa shape index (κ1) is 15.7. The first-order valence-corrected chi connectivity index (χ1v) is 7.02. The summed E-state index contributed by atoms with van der Waals surface area (Å²) in [5.41, 5.74) is 2.24. The van der Waals surface area contributed by atoms with Gasteiger partial charge in [-0.3, -0.25) is 9.48 Å². The lowest BCUT2D eigenvalue weighted by atomic mass is 10.2. The number of nitrogens with zero attached hydrogens (tertiary/aromatic N) is 2. The molecule has 19 heavy (non-hydrogen) atoms. The molecule has 1 rings (SSSR count). The number of carboxylic acids is 1. The van der Waals surface area contributed by atoms with Crippen LogP contribution in [0.3, 0.4) is 0 Å². The highest BCUT2D eigenvalue weighted by atomic mass is 16.4. The molecule has 1 atom stereocenters. The molecule has 1 unspecified atom stereocenters. The van der Waals surface area contributed by atoms with Crippen LogP contribution in [0, 0.1) is 0 Å². The summed E-state index contributed by atoms with van der Waals surface area (Å²) in [6.07, 6.45) is 2.38. The number of hydrogen-bond acceptors (Lipinski definition) is 3. The summed E-state index contributed by atoms with van der Waals surface area (Å²) < 4.78 is 1.94. The van der Waals surface area contributed by atoms with Crippen molar-refractivity contribution in [2.45, 2.75) is 65.6 Å². The third kappa shape index (κ3) is 4.67. The molecule has 0 saturated carbocycles. The lowest BCUT2D eigenvalue weighted by molar-refractivity contribution is -0.139. The molecule has 0 aliphatic rings. The minimum absolute atomic E-state index is 0.163. The first-order valence-electron chi connectivity index (χ1n) is 7.02. The number of carboxylic acid groups (broad SMARTS) is 1. The second kappa shape index (κ2) is 7.28. The van der Waals surface area contributed by atoms with Gasteiger partial charge < -0.3 is 10.4 Å². The Balaban J connectivity index is 2.67. The quantitative estimate of drug-likeness (QED) is 0.754. The third-order valence-electron chi connectivity index (χ3n) is 3.10. The molecule has 0 aliphatic carbocycles. The van der Waals surface area contributed by atoms with Crippen LogP contribution in [-0.2, 0) is 24.2 Å². The minimum atomic E-state index is -0.797. The van der Waals surface area contributed by atoms with Crippen LogP contribution in [0.15, 0.2) is 6.07 Å². The van der Waals surface area contributed by atoms with Crippen molar-refractivity contribution in [1.29, 1.82) is 0 Å². The monoisotopic (exact) mass is 267 g/mol. The van der Waals surface area contributed by atoms with Crippen molar-refractivity contribution in [1.82, 2.24) is 15.1 Å². The van der Waals surface area contributed by atoms with E-state index in [0.29, 0.717) is 13.0 Å². The molecule has 5 heteroatoms. The Morgan fingerprint density at radius 2 is 2.11 bits per heavy atom. The van der Waals surface area contributed by atoms with Gasteiger partial charge in [-0.1, -0.05) is 27.7 Å². The molecule has 0 saturated heterocycles. The average molecular weight is 267 g/mol. The first-order chi connectivity index (χ1) is 8.97. The Bertz CT molecular complexity index is 413. The van der Waals surface area contributed by atoms with Gasteiger partial charge in [0, 0.05) is 18.3 Å². The van der Waals surface area contributed by atoms with Crippen molar-refractivity contribution in [3.8, 4) is 0 Å². The third-order valence-corrected chi connectivity index (χ3v) is 3.10. The number of carbonyl (C=O) groups is 1. The highest BCUT2D eigenvalue weighted by Gasteiger charge is 2.18. The molecule has 1 aromatic rings. The predicted molar refractivity (Wildman–Crippen MR) is 75.3 cm³/mol. The standard InChI is InChI=1S/C14H25N3O2/c1-5-11-9-12(6-2)17(16-11)8-7-13(14(18)19)15-10(3)4/h9-10,13,15H,5-8H2,1-4H3,(H,18,19). The number of aryl methyl sites for hydroxylation is 3. The maximum atomic E-state index is 11.2. The average Bonchev–Trinajstić information content (AvgIpc) is 2.76. The normalized spacial score (nSPS) is 12.9. The van der Waals surface area contributed by atoms with Crippen molar-refractivity contribution in [3.63, 3.8) is 0 Å². The zero-order chi connectivity index (χ0) is 14.4. The molecule has 0 bridgehead atoms. The summed E-state index contributed by atoms with van der Waals surface area (Å²) in [6, 6.07) is 1.75. The summed E-state index contributed by atoms with van der Waals surface area (Å²) >= 11 is 0. The molecule has 0 aromatic carbocycles. The number of aromatic nitrogens is 2. The zero-order valence-corrected chi connectivity index (χ0v) is 12.3. The molecule has 0 aliphatic heterocycles. The smallest absolute Gasteiger partial charge is 0.320 e. The summed E-state index contributed by atoms with van der Waals surface area (Å²) in [5, 5.41) is 16.8. The van der Waals surface area contributed by atoms with Gasteiger partial charge in [-0.25, -0.2) is 0 Å². The van der Waals surface area contributed by atoms with Crippen molar-refractivity contribution >= 4 is 5.97 Å². The van der Waals surface area contributed by atoms with Crippen LogP contribution in [0.1, 0.15) is 45.5 Å². The summed E-state index contributed by atoms with van der Waals surface area (Å²) in [6.45, 7) is 8.72. The lowest BCUT2D eigenvalue weighted by Gasteiger charge is -2.17. The molecule has 2 N–H and O–H groups in total. The molecule has 108 valence electrons. The van der Waals surface area contributed by atoms with E-state index >= 15 is 0 Å². The summed E-state index contributed by atoms with van der Waals surface area (Å²) in [5.74, 6) is -0.797. The van der Waals surface area contributed by atoms with E-state index in [4.69, 9.17) is 0 Å². The largest absolute Gasteiger partial charge is 0.480 e. The van der Waals surface area contributed by atoms with Crippen LogP contribution in [-0.4, -0.2) is 32.9 Å². The highest BCUT2D eigenvalue weighted by molar-refractivity contribution is 5.73. The van der Waals surface area contributed by atoms with E-state index in [9.17, 15) is 9.90 Å². The van der Waals surface area contributed by atoms with Gasteiger partial charge in [0.25, 0.3) is 0 Å². The predicted octanol–water partition coefficient (Wildman–Crippen LogP) is 1.85. The minimum Gasteiger partial charge on any atom is -0.480 e. The molecule has 0 radical (unpaired) electrons. The molecular formula is C14H25N3O2. The van der Waals surface area contributed by atoms with E-state index in [1.54, 1.807) is 0 Å². The van der Waals surface area contributed by atoms with Crippen molar-refractivity contribution in [2.75, 3.05) is 0 Å². The van der Waals surface area contributed by atoms with Crippen LogP contribution < -0.4 is 5.32 Å². The van der Waals surface area contributed by atoms with Gasteiger partial charge in [-0.15, -0.1) is 0 Å². The van der Waals surface area contributed by atoms with Gasteiger partial charge in [0.2, 0.25) is 0 Å². The fourth-order valence-electron chi connectivity index (χ4n) is 2.10. The Morgan fingerprint density at radius 3 is 2.58 bits per heavy atom. The van der Waals surface area contributed by atoms with Crippen LogP contribution in [0.4, 0.5) is 0 Å². The van der Waals surface area contributed by atoms with E-state index in [1.165, 1.54) is 5.69 Å². The van der Waals surface area contributed by atoms with Gasteiger partial charge in [0.05, 0.1) is 5.69 Å². The van der Waals surface area contributed by atoms with Crippen LogP contribution in [0.5, 0.6) is 0 Å². The second-order valence-electron chi connectivity index (χ2n) is 5.06. The molecular weight excluding hydrogens is 242 g/mol. The van der Waals surface area contributed by atoms with Crippen molar-refractivity contribution in [2.24, 2.45) is 0 Å². The van der Waals surface area contributed by atoms with Crippen LogP contribution in [0.25, 0.3) is 0 Å². The second-order valence-corrected chi connectivity index (χ2v) is 5.06. The fourth-order valence-corrected chi connectivity index (χ4v) is 2.10. The summed E-state index contributed by atoms with van der Waals surface area (Å²) in [4.78, 5) is 11.2. The van der Waals surface area contributed by atoms with E-state index in [-0.39, 0.29) is 6.04 Å². The Morgan fingerprint density at radius 1 is 1.42 bits per heavy atom. The molecule has 0 fully saturated rings. The van der Waals surface area contributed by atoms with Crippen LogP contribution in [0.2, 0.25) is 0 Å². The van der Waals surface area contributed by atoms with Gasteiger partial charge in [-0.05, 0) is 25.3 Å². The van der Waals surface area contributed by atoms with Crippen LogP contribution >= 0.6 is 0 Å². The van der Waals surface area contributed by atoms with E-state index in [0.717, 1.165) is 18.5 Å². The van der Waals surface area contributed by atoms with E-state index in [1.807, 2.05) is 18.5 Å². The summed E-state index contributed by atoms with van der Waals surface area (Å²) in [7, 11) is 0. The Labute approximate surface area is 115 Å². The van der Waals surface area contributed by atoms with Gasteiger partial charge >= 0.3 is 5.97 Å². The molecule has 5 nitrogen and oxygen atoms in total. The van der Waals surface area contributed by atoms with Gasteiger partial charge in [0.15, 0.2) is 0 Å². The van der Waals surface area contributed by atoms with Gasteiger partial charge in [0.1, 0.15) is 6.04 Å². The highest BCUT2D eigenvalue weighted by Crippen LogP contribution is 2.08. The van der Waals surface area contributed by atoms with Gasteiger partial charge in [-0.2, -0.15) is 5.10 Å². The number of aliphatic carboxylic acids is 1. The number of nitrogens with one attached hydrogen (secondary N) is 1. The SMILES string of the molecule is CCc1cc(CC)n(CCC(NC(C)C)C(=O)O)n1. The lowest BCUT2D eigenvalue weighted by Crippen LogP contribution is -2.41.